The van der Waals surface area contributed by atoms with Crippen LogP contribution in [0.3, 0.4) is 0 Å². The van der Waals surface area contributed by atoms with Crippen LogP contribution in [0.2, 0.25) is 0 Å². The van der Waals surface area contributed by atoms with Gasteiger partial charge in [0.1, 0.15) is 12.2 Å². The lowest BCUT2D eigenvalue weighted by Crippen LogP contribution is -2.56. The molecule has 2 N–H and O–H groups in total. The van der Waals surface area contributed by atoms with Crippen molar-refractivity contribution >= 4 is 29.2 Å². The summed E-state index contributed by atoms with van der Waals surface area (Å²) in [5, 5.41) is 4.15. The van der Waals surface area contributed by atoms with Crippen LogP contribution in [-0.4, -0.2) is 52.2 Å². The summed E-state index contributed by atoms with van der Waals surface area (Å²) >= 11 is 0. The zero-order valence-electron chi connectivity index (χ0n) is 19.3. The number of fused-ring (bicyclic) bond motifs is 3. The van der Waals surface area contributed by atoms with Gasteiger partial charge < -0.3 is 14.8 Å². The van der Waals surface area contributed by atoms with E-state index in [0.29, 0.717) is 11.4 Å². The van der Waals surface area contributed by atoms with Gasteiger partial charge in [0.25, 0.3) is 5.91 Å². The maximum atomic E-state index is 13.5. The number of aromatic nitrogens is 1. The molecule has 34 heavy (non-hydrogen) atoms. The fraction of sp³-hybridized carbons (Fsp3) is 0.240. The SMILES string of the molecule is CCc1ccccc1NC(=O)CN1NC2N(C)C(=O)c3c(c(-c4ccccc4)cn3C)N2C1=O. The van der Waals surface area contributed by atoms with E-state index in [2.05, 4.69) is 10.7 Å². The molecular formula is C25H26N6O3. The first-order valence-corrected chi connectivity index (χ1v) is 11.2. The van der Waals surface area contributed by atoms with Gasteiger partial charge in [0.15, 0.2) is 6.29 Å². The Balaban J connectivity index is 1.46. The highest BCUT2D eigenvalue weighted by Gasteiger charge is 2.49. The topological polar surface area (TPSA) is 89.9 Å². The van der Waals surface area contributed by atoms with E-state index in [9.17, 15) is 14.4 Å². The zero-order chi connectivity index (χ0) is 24.0. The maximum Gasteiger partial charge on any atom is 0.342 e. The first-order valence-electron chi connectivity index (χ1n) is 11.2. The summed E-state index contributed by atoms with van der Waals surface area (Å²) in [6, 6.07) is 16.8. The molecule has 3 heterocycles. The molecule has 4 amide bonds. The van der Waals surface area contributed by atoms with Gasteiger partial charge in [-0.15, -0.1) is 0 Å². The molecule has 2 aromatic carbocycles. The standard InChI is InChI=1S/C25H26N6O3/c1-4-16-10-8-9-13-19(16)26-20(32)15-30-25(34)31-21-18(17-11-6-5-7-12-17)14-28(2)22(21)23(33)29(3)24(31)27-30/h5-14,24,27H,4,15H2,1-3H3,(H,26,32). The first-order chi connectivity index (χ1) is 16.4. The lowest BCUT2D eigenvalue weighted by molar-refractivity contribution is -0.117. The lowest BCUT2D eigenvalue weighted by Gasteiger charge is -2.36. The fourth-order valence-corrected chi connectivity index (χ4v) is 4.58. The minimum absolute atomic E-state index is 0.200. The molecule has 1 atom stereocenters. The molecule has 1 saturated heterocycles. The molecule has 0 spiro atoms. The van der Waals surface area contributed by atoms with Crippen molar-refractivity contribution < 1.29 is 14.4 Å². The van der Waals surface area contributed by atoms with Gasteiger partial charge in [-0.25, -0.2) is 9.80 Å². The summed E-state index contributed by atoms with van der Waals surface area (Å²) in [4.78, 5) is 42.6. The van der Waals surface area contributed by atoms with Gasteiger partial charge in [0, 0.05) is 31.5 Å². The van der Waals surface area contributed by atoms with Crippen molar-refractivity contribution in [3.05, 3.63) is 72.1 Å². The molecule has 1 fully saturated rings. The summed E-state index contributed by atoms with van der Waals surface area (Å²) in [7, 11) is 3.43. The Kier molecular flexibility index (Phi) is 5.33. The Morgan fingerprint density at radius 1 is 1.03 bits per heavy atom. The highest BCUT2D eigenvalue weighted by atomic mass is 16.2. The number of hydrogen-bond donors (Lipinski definition) is 2. The Hall–Kier alpha value is -4.11. The highest BCUT2D eigenvalue weighted by Crippen LogP contribution is 2.41. The number of anilines is 2. The average molecular weight is 459 g/mol. The van der Waals surface area contributed by atoms with Gasteiger partial charge in [-0.2, -0.15) is 5.43 Å². The lowest BCUT2D eigenvalue weighted by atomic mass is 10.0. The van der Waals surface area contributed by atoms with Crippen molar-refractivity contribution in [2.45, 2.75) is 19.6 Å². The first kappa shape index (κ1) is 21.7. The largest absolute Gasteiger partial charge is 0.344 e. The van der Waals surface area contributed by atoms with E-state index in [0.717, 1.165) is 28.8 Å². The van der Waals surface area contributed by atoms with E-state index >= 15 is 0 Å². The number of rotatable bonds is 5. The van der Waals surface area contributed by atoms with Crippen LogP contribution in [0.5, 0.6) is 0 Å². The Labute approximate surface area is 197 Å². The smallest absolute Gasteiger partial charge is 0.342 e. The minimum Gasteiger partial charge on any atom is -0.344 e. The normalized spacial score (nSPS) is 17.1. The second kappa shape index (κ2) is 8.35. The summed E-state index contributed by atoms with van der Waals surface area (Å²) < 4.78 is 1.75. The Bertz CT molecular complexity index is 1290. The highest BCUT2D eigenvalue weighted by molar-refractivity contribution is 6.12. The van der Waals surface area contributed by atoms with Gasteiger partial charge in [-0.05, 0) is 23.6 Å². The fourth-order valence-electron chi connectivity index (χ4n) is 4.58. The van der Waals surface area contributed by atoms with Crippen molar-refractivity contribution in [2.24, 2.45) is 7.05 Å². The summed E-state index contributed by atoms with van der Waals surface area (Å²) in [6.45, 7) is 1.82. The van der Waals surface area contributed by atoms with E-state index in [1.807, 2.05) is 67.7 Å². The predicted molar refractivity (Wildman–Crippen MR) is 129 cm³/mol. The third-order valence-electron chi connectivity index (χ3n) is 6.30. The van der Waals surface area contributed by atoms with Crippen molar-refractivity contribution in [1.29, 1.82) is 0 Å². The molecule has 1 unspecified atom stereocenters. The quantitative estimate of drug-likeness (QED) is 0.615. The van der Waals surface area contributed by atoms with Gasteiger partial charge in [0.05, 0.1) is 5.69 Å². The van der Waals surface area contributed by atoms with Gasteiger partial charge in [0.2, 0.25) is 5.91 Å². The molecule has 2 aliphatic heterocycles. The summed E-state index contributed by atoms with van der Waals surface area (Å²) in [6.07, 6.45) is 1.91. The molecule has 0 saturated carbocycles. The van der Waals surface area contributed by atoms with E-state index in [1.165, 1.54) is 9.91 Å². The summed E-state index contributed by atoms with van der Waals surface area (Å²) in [5.41, 5.74) is 7.43. The van der Waals surface area contributed by atoms with Gasteiger partial charge in [-0.3, -0.25) is 14.5 Å². The number of hydrogen-bond acceptors (Lipinski definition) is 4. The zero-order valence-corrected chi connectivity index (χ0v) is 19.3. The molecule has 3 aromatic rings. The number of carbonyl (C=O) groups is 3. The average Bonchev–Trinajstić information content (AvgIpc) is 3.35. The van der Waals surface area contributed by atoms with Crippen LogP contribution in [0.15, 0.2) is 60.8 Å². The van der Waals surface area contributed by atoms with Crippen LogP contribution in [0.25, 0.3) is 11.1 Å². The third kappa shape index (κ3) is 3.41. The number of hydrazine groups is 1. The Morgan fingerprint density at radius 3 is 2.47 bits per heavy atom. The number of benzene rings is 2. The van der Waals surface area contributed by atoms with Crippen molar-refractivity contribution in [3.8, 4) is 11.1 Å². The molecule has 5 rings (SSSR count). The van der Waals surface area contributed by atoms with Crippen molar-refractivity contribution in [2.75, 3.05) is 23.8 Å². The van der Waals surface area contributed by atoms with E-state index in [4.69, 9.17) is 0 Å². The minimum atomic E-state index is -0.729. The third-order valence-corrected chi connectivity index (χ3v) is 6.30. The predicted octanol–water partition coefficient (Wildman–Crippen LogP) is 3.01. The second-order valence-electron chi connectivity index (χ2n) is 8.43. The number of amides is 4. The van der Waals surface area contributed by atoms with Crippen LogP contribution >= 0.6 is 0 Å². The van der Waals surface area contributed by atoms with Crippen molar-refractivity contribution in [3.63, 3.8) is 0 Å². The number of urea groups is 1. The maximum absolute atomic E-state index is 13.5. The molecule has 0 aliphatic carbocycles. The molecule has 9 heteroatoms. The second-order valence-corrected chi connectivity index (χ2v) is 8.43. The number of para-hydroxylation sites is 1. The number of carbonyl (C=O) groups excluding carboxylic acids is 3. The molecule has 0 radical (unpaired) electrons. The molecule has 0 bridgehead atoms. The van der Waals surface area contributed by atoms with Crippen LogP contribution < -0.4 is 15.6 Å². The monoisotopic (exact) mass is 458 g/mol. The number of aryl methyl sites for hydroxylation is 2. The molecular weight excluding hydrogens is 432 g/mol. The number of nitrogens with one attached hydrogen (secondary N) is 2. The van der Waals surface area contributed by atoms with Gasteiger partial charge >= 0.3 is 6.03 Å². The van der Waals surface area contributed by atoms with Crippen LogP contribution in [0.1, 0.15) is 23.0 Å². The van der Waals surface area contributed by atoms with Crippen LogP contribution in [0.4, 0.5) is 16.2 Å². The van der Waals surface area contributed by atoms with Crippen LogP contribution in [0, 0.1) is 0 Å². The van der Waals surface area contributed by atoms with Crippen molar-refractivity contribution in [1.82, 2.24) is 19.9 Å². The molecule has 9 nitrogen and oxygen atoms in total. The van der Waals surface area contributed by atoms with E-state index in [-0.39, 0.29) is 18.4 Å². The Morgan fingerprint density at radius 2 is 1.74 bits per heavy atom. The van der Waals surface area contributed by atoms with Crippen LogP contribution in [-0.2, 0) is 18.3 Å². The van der Waals surface area contributed by atoms with E-state index in [1.54, 1.807) is 23.6 Å². The molecule has 2 aliphatic rings. The molecule has 1 aromatic heterocycles. The molecule has 174 valence electrons. The van der Waals surface area contributed by atoms with Gasteiger partial charge in [-0.1, -0.05) is 55.5 Å². The van der Waals surface area contributed by atoms with E-state index < -0.39 is 12.3 Å². The summed E-state index contributed by atoms with van der Waals surface area (Å²) in [5.74, 6) is -0.531. The number of nitrogens with zero attached hydrogens (tertiary/aromatic N) is 4.